The van der Waals surface area contributed by atoms with Gasteiger partial charge in [-0.2, -0.15) is 0 Å². The summed E-state index contributed by atoms with van der Waals surface area (Å²) in [6.45, 7) is 0. The average Bonchev–Trinajstić information content (AvgIpc) is 2.68. The fourth-order valence-corrected chi connectivity index (χ4v) is 2.57. The highest BCUT2D eigenvalue weighted by molar-refractivity contribution is 6.35. The predicted octanol–water partition coefficient (Wildman–Crippen LogP) is 3.52. The number of nitrogens with zero attached hydrogens (tertiary/aromatic N) is 2. The molecule has 0 aliphatic carbocycles. The summed E-state index contributed by atoms with van der Waals surface area (Å²) in [6.07, 6.45) is 0.663. The summed E-state index contributed by atoms with van der Waals surface area (Å²) >= 11 is 6.20. The molecule has 0 bridgehead atoms. The highest BCUT2D eigenvalue weighted by atomic mass is 35.5. The minimum absolute atomic E-state index is 0.272. The van der Waals surface area contributed by atoms with Crippen molar-refractivity contribution in [3.63, 3.8) is 0 Å². The van der Waals surface area contributed by atoms with Crippen molar-refractivity contribution in [2.45, 2.75) is 6.42 Å². The van der Waals surface area contributed by atoms with E-state index in [1.54, 1.807) is 12.1 Å². The van der Waals surface area contributed by atoms with Crippen LogP contribution in [0.2, 0.25) is 5.02 Å². The number of imidazole rings is 1. The van der Waals surface area contributed by atoms with Crippen LogP contribution in [0.4, 0.5) is 0 Å². The highest BCUT2D eigenvalue weighted by Crippen LogP contribution is 2.25. The van der Waals surface area contributed by atoms with Crippen molar-refractivity contribution < 1.29 is 5.11 Å². The first-order valence-corrected chi connectivity index (χ1v) is 6.40. The van der Waals surface area contributed by atoms with Gasteiger partial charge >= 0.3 is 0 Å². The van der Waals surface area contributed by atoms with Crippen LogP contribution in [-0.4, -0.2) is 14.7 Å². The molecule has 0 atom stereocenters. The van der Waals surface area contributed by atoms with Crippen molar-refractivity contribution in [3.05, 3.63) is 58.9 Å². The third-order valence-corrected chi connectivity index (χ3v) is 3.52. The molecule has 96 valence electrons. The van der Waals surface area contributed by atoms with Gasteiger partial charge in [0.25, 0.3) is 0 Å². The topological polar surface area (TPSA) is 38.0 Å². The standard InChI is InChI=1S/C15H13ClN2O/c1-18-14(9-10-4-2-5-11(19)8-10)17-13-7-3-6-12(16)15(13)18/h2-8,19H,9H2,1H3. The van der Waals surface area contributed by atoms with Crippen molar-refractivity contribution in [2.24, 2.45) is 7.05 Å². The Morgan fingerprint density at radius 1 is 1.21 bits per heavy atom. The molecule has 1 aromatic heterocycles. The second kappa shape index (κ2) is 4.59. The lowest BCUT2D eigenvalue weighted by atomic mass is 10.1. The molecule has 0 aliphatic heterocycles. The second-order valence-electron chi connectivity index (χ2n) is 4.54. The van der Waals surface area contributed by atoms with E-state index in [1.165, 1.54) is 0 Å². The zero-order chi connectivity index (χ0) is 13.4. The van der Waals surface area contributed by atoms with E-state index in [9.17, 15) is 5.11 Å². The summed E-state index contributed by atoms with van der Waals surface area (Å²) in [4.78, 5) is 4.59. The zero-order valence-corrected chi connectivity index (χ0v) is 11.2. The Kier molecular flexibility index (Phi) is 2.91. The number of phenolic OH excluding ortho intramolecular Hbond substituents is 1. The molecule has 0 saturated carbocycles. The average molecular weight is 273 g/mol. The fourth-order valence-electron chi connectivity index (χ4n) is 2.28. The van der Waals surface area contributed by atoms with Crippen LogP contribution < -0.4 is 0 Å². The lowest BCUT2D eigenvalue weighted by Gasteiger charge is -2.04. The molecule has 0 spiro atoms. The zero-order valence-electron chi connectivity index (χ0n) is 10.5. The molecule has 0 amide bonds. The van der Waals surface area contributed by atoms with E-state index < -0.39 is 0 Å². The second-order valence-corrected chi connectivity index (χ2v) is 4.95. The Morgan fingerprint density at radius 3 is 2.74 bits per heavy atom. The number of rotatable bonds is 2. The molecule has 0 aliphatic rings. The number of phenols is 1. The van der Waals surface area contributed by atoms with Crippen molar-refractivity contribution in [1.82, 2.24) is 9.55 Å². The molecular formula is C15H13ClN2O. The normalized spacial score (nSPS) is 11.1. The van der Waals surface area contributed by atoms with E-state index >= 15 is 0 Å². The molecule has 2 aromatic carbocycles. The molecule has 3 rings (SSSR count). The molecule has 0 unspecified atom stereocenters. The van der Waals surface area contributed by atoms with Gasteiger partial charge < -0.3 is 9.67 Å². The summed E-state index contributed by atoms with van der Waals surface area (Å²) in [5.41, 5.74) is 2.86. The minimum atomic E-state index is 0.272. The van der Waals surface area contributed by atoms with Gasteiger partial charge in [0, 0.05) is 13.5 Å². The Balaban J connectivity index is 2.06. The SMILES string of the molecule is Cn1c(Cc2cccc(O)c2)nc2cccc(Cl)c21. The number of para-hydroxylation sites is 1. The van der Waals surface area contributed by atoms with Gasteiger partial charge in [-0.15, -0.1) is 0 Å². The number of hydrogen-bond donors (Lipinski definition) is 1. The van der Waals surface area contributed by atoms with Crippen molar-refractivity contribution in [2.75, 3.05) is 0 Å². The van der Waals surface area contributed by atoms with Gasteiger partial charge in [0.1, 0.15) is 11.6 Å². The maximum absolute atomic E-state index is 9.50. The van der Waals surface area contributed by atoms with Crippen LogP contribution >= 0.6 is 11.6 Å². The molecule has 1 heterocycles. The van der Waals surface area contributed by atoms with Crippen LogP contribution in [0, 0.1) is 0 Å². The van der Waals surface area contributed by atoms with Crippen LogP contribution in [0.5, 0.6) is 5.75 Å². The lowest BCUT2D eigenvalue weighted by Crippen LogP contribution is -1.99. The number of halogens is 1. The van der Waals surface area contributed by atoms with E-state index in [4.69, 9.17) is 11.6 Å². The number of aromatic hydroxyl groups is 1. The van der Waals surface area contributed by atoms with E-state index in [0.717, 1.165) is 22.4 Å². The summed E-state index contributed by atoms with van der Waals surface area (Å²) in [5, 5.41) is 10.2. The Labute approximate surface area is 116 Å². The molecule has 4 heteroatoms. The summed E-state index contributed by atoms with van der Waals surface area (Å²) in [5.74, 6) is 1.20. The van der Waals surface area contributed by atoms with Gasteiger partial charge in [0.05, 0.1) is 16.1 Å². The molecular weight excluding hydrogens is 260 g/mol. The molecule has 3 nitrogen and oxygen atoms in total. The van der Waals surface area contributed by atoms with Crippen LogP contribution in [0.15, 0.2) is 42.5 Å². The molecule has 1 N–H and O–H groups in total. The van der Waals surface area contributed by atoms with Gasteiger partial charge in [-0.25, -0.2) is 4.98 Å². The van der Waals surface area contributed by atoms with E-state index in [0.29, 0.717) is 11.4 Å². The first-order valence-electron chi connectivity index (χ1n) is 6.03. The molecule has 0 radical (unpaired) electrons. The smallest absolute Gasteiger partial charge is 0.115 e. The first-order chi connectivity index (χ1) is 9.15. The first kappa shape index (κ1) is 12.1. The maximum atomic E-state index is 9.50. The quantitative estimate of drug-likeness (QED) is 0.775. The fraction of sp³-hybridized carbons (Fsp3) is 0.133. The molecule has 0 fully saturated rings. The number of fused-ring (bicyclic) bond motifs is 1. The molecule has 3 aromatic rings. The van der Waals surface area contributed by atoms with E-state index in [2.05, 4.69) is 4.98 Å². The highest BCUT2D eigenvalue weighted by Gasteiger charge is 2.10. The van der Waals surface area contributed by atoms with Crippen LogP contribution in [0.3, 0.4) is 0 Å². The molecule has 19 heavy (non-hydrogen) atoms. The van der Waals surface area contributed by atoms with Crippen molar-refractivity contribution in [1.29, 1.82) is 0 Å². The van der Waals surface area contributed by atoms with Gasteiger partial charge in [-0.1, -0.05) is 29.8 Å². The summed E-state index contributed by atoms with van der Waals surface area (Å²) in [6, 6.07) is 12.9. The minimum Gasteiger partial charge on any atom is -0.508 e. The summed E-state index contributed by atoms with van der Waals surface area (Å²) in [7, 11) is 1.96. The van der Waals surface area contributed by atoms with Crippen molar-refractivity contribution in [3.8, 4) is 5.75 Å². The third kappa shape index (κ3) is 2.17. The lowest BCUT2D eigenvalue weighted by molar-refractivity contribution is 0.474. The third-order valence-electron chi connectivity index (χ3n) is 3.21. The Bertz CT molecular complexity index is 749. The van der Waals surface area contributed by atoms with Crippen molar-refractivity contribution >= 4 is 22.6 Å². The molecule has 0 saturated heterocycles. The number of aryl methyl sites for hydroxylation is 1. The van der Waals surface area contributed by atoms with E-state index in [1.807, 2.05) is 41.9 Å². The Morgan fingerprint density at radius 2 is 2.00 bits per heavy atom. The largest absolute Gasteiger partial charge is 0.508 e. The number of aromatic nitrogens is 2. The predicted molar refractivity (Wildman–Crippen MR) is 76.6 cm³/mol. The monoisotopic (exact) mass is 272 g/mol. The van der Waals surface area contributed by atoms with Gasteiger partial charge in [0.15, 0.2) is 0 Å². The van der Waals surface area contributed by atoms with Crippen LogP contribution in [-0.2, 0) is 13.5 Å². The number of hydrogen-bond acceptors (Lipinski definition) is 2. The van der Waals surface area contributed by atoms with Gasteiger partial charge in [-0.3, -0.25) is 0 Å². The Hall–Kier alpha value is -2.00. The van der Waals surface area contributed by atoms with Gasteiger partial charge in [-0.05, 0) is 29.8 Å². The van der Waals surface area contributed by atoms with Crippen LogP contribution in [0.1, 0.15) is 11.4 Å². The summed E-state index contributed by atoms with van der Waals surface area (Å²) < 4.78 is 2.00. The maximum Gasteiger partial charge on any atom is 0.115 e. The number of benzene rings is 2. The van der Waals surface area contributed by atoms with Crippen LogP contribution in [0.25, 0.3) is 11.0 Å². The van der Waals surface area contributed by atoms with Gasteiger partial charge in [0.2, 0.25) is 0 Å². The van der Waals surface area contributed by atoms with E-state index in [-0.39, 0.29) is 5.75 Å².